The van der Waals surface area contributed by atoms with Crippen LogP contribution in [0.4, 0.5) is 0 Å². The molecule has 102 valence electrons. The Morgan fingerprint density at radius 1 is 1.00 bits per heavy atom. The minimum Gasteiger partial charge on any atom is -0.496 e. The van der Waals surface area contributed by atoms with Crippen molar-refractivity contribution in [1.29, 1.82) is 0 Å². The van der Waals surface area contributed by atoms with E-state index in [2.05, 4.69) is 53.2 Å². The number of rotatable bonds is 5. The first-order valence-corrected chi connectivity index (χ1v) is 7.67. The number of fused-ring (bicyclic) bond motifs is 1. The maximum atomic E-state index is 5.40. The van der Waals surface area contributed by atoms with Gasteiger partial charge in [0.25, 0.3) is 0 Å². The molecule has 3 heteroatoms. The van der Waals surface area contributed by atoms with E-state index < -0.39 is 0 Å². The largest absolute Gasteiger partial charge is 0.496 e. The zero-order valence-electron chi connectivity index (χ0n) is 11.5. The second kappa shape index (κ2) is 6.06. The summed E-state index contributed by atoms with van der Waals surface area (Å²) >= 11 is 1.89. The molecule has 0 spiro atoms. The summed E-state index contributed by atoms with van der Waals surface area (Å²) in [5.74, 6) is 2.00. The van der Waals surface area contributed by atoms with E-state index in [-0.39, 0.29) is 0 Å². The van der Waals surface area contributed by atoms with Gasteiger partial charge in [-0.25, -0.2) is 0 Å². The summed E-state index contributed by atoms with van der Waals surface area (Å²) in [7, 11) is 1.72. The van der Waals surface area contributed by atoms with Gasteiger partial charge >= 0.3 is 0 Å². The van der Waals surface area contributed by atoms with Gasteiger partial charge in [0.05, 0.1) is 12.6 Å². The molecule has 0 aliphatic carbocycles. The van der Waals surface area contributed by atoms with Crippen LogP contribution in [0.1, 0.15) is 0 Å². The lowest BCUT2D eigenvalue weighted by Crippen LogP contribution is -1.98. The lowest BCUT2D eigenvalue weighted by atomic mass is 10.2. The van der Waals surface area contributed by atoms with E-state index in [1.54, 1.807) is 7.11 Å². The molecule has 0 fully saturated rings. The number of benzene rings is 2. The van der Waals surface area contributed by atoms with Gasteiger partial charge in [0, 0.05) is 28.8 Å². The second-order valence-electron chi connectivity index (χ2n) is 4.56. The second-order valence-corrected chi connectivity index (χ2v) is 5.73. The van der Waals surface area contributed by atoms with E-state index >= 15 is 0 Å². The Labute approximate surface area is 123 Å². The third-order valence-electron chi connectivity index (χ3n) is 3.34. The Morgan fingerprint density at radius 2 is 1.85 bits per heavy atom. The molecule has 2 aromatic carbocycles. The predicted octanol–water partition coefficient (Wildman–Crippen LogP) is 4.44. The Balaban J connectivity index is 1.72. The number of aryl methyl sites for hydroxylation is 1. The molecule has 0 aliphatic rings. The summed E-state index contributed by atoms with van der Waals surface area (Å²) < 4.78 is 7.68. The number of methoxy groups -OCH3 is 1. The molecule has 20 heavy (non-hydrogen) atoms. The van der Waals surface area contributed by atoms with Crippen LogP contribution in [0.25, 0.3) is 10.9 Å². The first-order chi connectivity index (χ1) is 9.88. The molecule has 0 radical (unpaired) electrons. The Kier molecular flexibility index (Phi) is 3.97. The maximum Gasteiger partial charge on any atom is 0.128 e. The third kappa shape index (κ3) is 2.68. The van der Waals surface area contributed by atoms with Crippen LogP contribution >= 0.6 is 11.8 Å². The minimum atomic E-state index is 0.942. The van der Waals surface area contributed by atoms with Gasteiger partial charge in [-0.1, -0.05) is 24.3 Å². The van der Waals surface area contributed by atoms with Crippen LogP contribution in [0.5, 0.6) is 5.75 Å². The van der Waals surface area contributed by atoms with E-state index in [0.717, 1.165) is 18.0 Å². The maximum absolute atomic E-state index is 5.40. The summed E-state index contributed by atoms with van der Waals surface area (Å²) in [5.41, 5.74) is 1.23. The van der Waals surface area contributed by atoms with Crippen molar-refractivity contribution in [3.8, 4) is 5.75 Å². The van der Waals surface area contributed by atoms with Crippen LogP contribution in [0.2, 0.25) is 0 Å². The van der Waals surface area contributed by atoms with Crippen molar-refractivity contribution in [2.75, 3.05) is 12.9 Å². The summed E-state index contributed by atoms with van der Waals surface area (Å²) in [5, 5.41) is 1.18. The fourth-order valence-electron chi connectivity index (χ4n) is 2.35. The summed E-state index contributed by atoms with van der Waals surface area (Å²) in [4.78, 5) is 1.32. The van der Waals surface area contributed by atoms with Crippen LogP contribution in [0.3, 0.4) is 0 Å². The van der Waals surface area contributed by atoms with Crippen LogP contribution in [-0.4, -0.2) is 17.4 Å². The highest BCUT2D eigenvalue weighted by atomic mass is 32.2. The van der Waals surface area contributed by atoms with Crippen molar-refractivity contribution in [1.82, 2.24) is 4.57 Å². The van der Waals surface area contributed by atoms with Gasteiger partial charge < -0.3 is 9.30 Å². The topological polar surface area (TPSA) is 14.2 Å². The molecule has 0 N–H and O–H groups in total. The molecule has 0 amide bonds. The number of ether oxygens (including phenoxy) is 1. The monoisotopic (exact) mass is 283 g/mol. The Hall–Kier alpha value is -1.87. The number of hydrogen-bond acceptors (Lipinski definition) is 2. The van der Waals surface area contributed by atoms with Crippen LogP contribution in [0.15, 0.2) is 65.7 Å². The van der Waals surface area contributed by atoms with Crippen molar-refractivity contribution in [3.63, 3.8) is 0 Å². The fraction of sp³-hybridized carbons (Fsp3) is 0.176. The van der Waals surface area contributed by atoms with Gasteiger partial charge in [0.2, 0.25) is 0 Å². The van der Waals surface area contributed by atoms with Crippen molar-refractivity contribution in [2.24, 2.45) is 0 Å². The van der Waals surface area contributed by atoms with Crippen LogP contribution in [0, 0.1) is 0 Å². The Morgan fingerprint density at radius 3 is 2.65 bits per heavy atom. The number of thioether (sulfide) groups is 1. The van der Waals surface area contributed by atoms with Crippen molar-refractivity contribution in [2.45, 2.75) is 11.4 Å². The fourth-order valence-corrected chi connectivity index (χ4v) is 3.22. The lowest BCUT2D eigenvalue weighted by Gasteiger charge is -2.07. The molecule has 1 aromatic heterocycles. The molecule has 3 rings (SSSR count). The van der Waals surface area contributed by atoms with Crippen molar-refractivity contribution >= 4 is 22.7 Å². The van der Waals surface area contributed by atoms with Gasteiger partial charge in [0.1, 0.15) is 5.75 Å². The van der Waals surface area contributed by atoms with Gasteiger partial charge in [-0.05, 0) is 30.3 Å². The molecule has 3 aromatic rings. The highest BCUT2D eigenvalue weighted by Crippen LogP contribution is 2.26. The Bertz CT molecular complexity index is 691. The van der Waals surface area contributed by atoms with Gasteiger partial charge in [-0.2, -0.15) is 0 Å². The molecule has 0 atom stereocenters. The van der Waals surface area contributed by atoms with Gasteiger partial charge in [-0.15, -0.1) is 11.8 Å². The zero-order valence-corrected chi connectivity index (χ0v) is 12.3. The van der Waals surface area contributed by atoms with E-state index in [4.69, 9.17) is 4.74 Å². The number of nitrogens with zero attached hydrogens (tertiary/aromatic N) is 1. The first kappa shape index (κ1) is 13.1. The van der Waals surface area contributed by atoms with E-state index in [9.17, 15) is 0 Å². The smallest absolute Gasteiger partial charge is 0.128 e. The quantitative estimate of drug-likeness (QED) is 0.643. The molecule has 2 nitrogen and oxygen atoms in total. The SMILES string of the molecule is COc1cccc2c1ccn2CCSc1ccccc1. The number of hydrogen-bond donors (Lipinski definition) is 0. The average molecular weight is 283 g/mol. The normalized spacial score (nSPS) is 10.8. The summed E-state index contributed by atoms with van der Waals surface area (Å²) in [6.45, 7) is 0.996. The first-order valence-electron chi connectivity index (χ1n) is 6.68. The predicted molar refractivity (Wildman–Crippen MR) is 85.7 cm³/mol. The van der Waals surface area contributed by atoms with E-state index in [1.807, 2.05) is 23.9 Å². The molecule has 0 saturated heterocycles. The summed E-state index contributed by atoms with van der Waals surface area (Å²) in [6.07, 6.45) is 2.14. The third-order valence-corrected chi connectivity index (χ3v) is 4.33. The molecular formula is C17H17NOS. The molecule has 1 heterocycles. The summed E-state index contributed by atoms with van der Waals surface area (Å²) in [6, 6.07) is 18.8. The molecular weight excluding hydrogens is 266 g/mol. The molecule has 0 bridgehead atoms. The standard InChI is InChI=1S/C17H17NOS/c1-19-17-9-5-8-16-15(17)10-11-18(16)12-13-20-14-6-3-2-4-7-14/h2-11H,12-13H2,1H3. The van der Waals surface area contributed by atoms with Gasteiger partial charge in [0.15, 0.2) is 0 Å². The molecule has 0 saturated carbocycles. The van der Waals surface area contributed by atoms with E-state index in [0.29, 0.717) is 0 Å². The zero-order chi connectivity index (χ0) is 13.8. The van der Waals surface area contributed by atoms with Gasteiger partial charge in [-0.3, -0.25) is 0 Å². The van der Waals surface area contributed by atoms with Crippen LogP contribution < -0.4 is 4.74 Å². The highest BCUT2D eigenvalue weighted by Gasteiger charge is 2.05. The van der Waals surface area contributed by atoms with E-state index in [1.165, 1.54) is 15.8 Å². The van der Waals surface area contributed by atoms with Crippen molar-refractivity contribution in [3.05, 3.63) is 60.8 Å². The lowest BCUT2D eigenvalue weighted by molar-refractivity contribution is 0.420. The molecule has 0 unspecified atom stereocenters. The van der Waals surface area contributed by atoms with Crippen LogP contribution in [-0.2, 0) is 6.54 Å². The minimum absolute atomic E-state index is 0.942. The van der Waals surface area contributed by atoms with Crippen molar-refractivity contribution < 1.29 is 4.74 Å². The molecule has 0 aliphatic heterocycles. The number of aromatic nitrogens is 1. The highest BCUT2D eigenvalue weighted by molar-refractivity contribution is 7.99. The average Bonchev–Trinajstić information content (AvgIpc) is 2.92.